The summed E-state index contributed by atoms with van der Waals surface area (Å²) in [5.41, 5.74) is 0.353. The highest BCUT2D eigenvalue weighted by Crippen LogP contribution is 2.64. The molecule has 1 aliphatic heterocycles. The first-order chi connectivity index (χ1) is 9.25. The van der Waals surface area contributed by atoms with Gasteiger partial charge >= 0.3 is 0 Å². The van der Waals surface area contributed by atoms with Crippen LogP contribution in [0.5, 0.6) is 0 Å². The number of carbonyl (C=O) groups is 1. The number of hydrogen-bond acceptors (Lipinski definition) is 4. The van der Waals surface area contributed by atoms with Crippen LogP contribution in [-0.4, -0.2) is 44.5 Å². The number of aromatic nitrogens is 4. The summed E-state index contributed by atoms with van der Waals surface area (Å²) in [6.07, 6.45) is 6.13. The van der Waals surface area contributed by atoms with Crippen molar-refractivity contribution in [2.45, 2.75) is 51.4 Å². The maximum atomic E-state index is 12.0. The Morgan fingerprint density at radius 3 is 2.89 bits per heavy atom. The second-order valence-electron chi connectivity index (χ2n) is 5.87. The molecule has 104 valence electrons. The Kier molecular flexibility index (Phi) is 3.24. The summed E-state index contributed by atoms with van der Waals surface area (Å²) in [4.78, 5) is 14.0. The van der Waals surface area contributed by atoms with Gasteiger partial charge in [-0.25, -0.2) is 0 Å². The van der Waals surface area contributed by atoms with E-state index >= 15 is 0 Å². The second-order valence-corrected chi connectivity index (χ2v) is 5.87. The van der Waals surface area contributed by atoms with Gasteiger partial charge in [0.05, 0.1) is 0 Å². The molecule has 2 aliphatic rings. The lowest BCUT2D eigenvalue weighted by atomic mass is 9.90. The van der Waals surface area contributed by atoms with Crippen molar-refractivity contribution in [1.29, 1.82) is 0 Å². The van der Waals surface area contributed by atoms with Gasteiger partial charge in [-0.2, -0.15) is 5.21 Å². The summed E-state index contributed by atoms with van der Waals surface area (Å²) in [6, 6.07) is 0. The predicted molar refractivity (Wildman–Crippen MR) is 69.3 cm³/mol. The number of nitrogens with one attached hydrogen (secondary N) is 1. The summed E-state index contributed by atoms with van der Waals surface area (Å²) in [5, 5.41) is 14.4. The molecule has 6 nitrogen and oxygen atoms in total. The fourth-order valence-corrected chi connectivity index (χ4v) is 3.27. The normalized spacial score (nSPS) is 24.7. The average Bonchev–Trinajstić information content (AvgIpc) is 2.90. The molecule has 1 atom stereocenters. The number of rotatable bonds is 4. The van der Waals surface area contributed by atoms with E-state index in [2.05, 4.69) is 27.5 Å². The van der Waals surface area contributed by atoms with Gasteiger partial charge in [0.2, 0.25) is 5.91 Å². The molecule has 1 unspecified atom stereocenters. The zero-order valence-corrected chi connectivity index (χ0v) is 11.4. The van der Waals surface area contributed by atoms with Crippen LogP contribution in [0, 0.1) is 5.41 Å². The van der Waals surface area contributed by atoms with Crippen molar-refractivity contribution in [2.24, 2.45) is 5.41 Å². The lowest BCUT2D eigenvalue weighted by molar-refractivity contribution is -0.132. The Morgan fingerprint density at radius 1 is 1.47 bits per heavy atom. The van der Waals surface area contributed by atoms with Crippen LogP contribution in [0.2, 0.25) is 0 Å². The van der Waals surface area contributed by atoms with Gasteiger partial charge in [-0.05, 0) is 31.1 Å². The molecule has 19 heavy (non-hydrogen) atoms. The van der Waals surface area contributed by atoms with E-state index in [1.165, 1.54) is 0 Å². The first-order valence-electron chi connectivity index (χ1n) is 7.26. The van der Waals surface area contributed by atoms with Crippen LogP contribution < -0.4 is 0 Å². The van der Waals surface area contributed by atoms with Gasteiger partial charge in [-0.15, -0.1) is 10.2 Å². The minimum absolute atomic E-state index is 0.327. The lowest BCUT2D eigenvalue weighted by Crippen LogP contribution is -2.39. The number of amides is 1. The largest absolute Gasteiger partial charge is 0.343 e. The van der Waals surface area contributed by atoms with Crippen molar-refractivity contribution in [2.75, 3.05) is 13.1 Å². The highest BCUT2D eigenvalue weighted by Gasteiger charge is 2.57. The van der Waals surface area contributed by atoms with E-state index in [9.17, 15) is 4.79 Å². The third-order valence-corrected chi connectivity index (χ3v) is 4.72. The monoisotopic (exact) mass is 263 g/mol. The van der Waals surface area contributed by atoms with Crippen molar-refractivity contribution in [1.82, 2.24) is 25.5 Å². The van der Waals surface area contributed by atoms with Crippen molar-refractivity contribution in [3.63, 3.8) is 0 Å². The quantitative estimate of drug-likeness (QED) is 0.893. The molecule has 1 aromatic rings. The fourth-order valence-electron chi connectivity index (χ4n) is 3.27. The summed E-state index contributed by atoms with van der Waals surface area (Å²) >= 11 is 0. The van der Waals surface area contributed by atoms with Crippen molar-refractivity contribution in [3.8, 4) is 0 Å². The van der Waals surface area contributed by atoms with Crippen molar-refractivity contribution < 1.29 is 4.79 Å². The van der Waals surface area contributed by atoms with Crippen LogP contribution in [0.25, 0.3) is 0 Å². The summed E-state index contributed by atoms with van der Waals surface area (Å²) in [5.74, 6) is 1.64. The predicted octanol–water partition coefficient (Wildman–Crippen LogP) is 1.49. The average molecular weight is 263 g/mol. The maximum Gasteiger partial charge on any atom is 0.222 e. The highest BCUT2D eigenvalue weighted by atomic mass is 16.2. The molecule has 1 spiro atoms. The van der Waals surface area contributed by atoms with Gasteiger partial charge in [0, 0.05) is 25.4 Å². The van der Waals surface area contributed by atoms with Gasteiger partial charge in [0.25, 0.3) is 0 Å². The van der Waals surface area contributed by atoms with Crippen molar-refractivity contribution >= 4 is 5.91 Å². The van der Waals surface area contributed by atoms with Gasteiger partial charge in [0.15, 0.2) is 5.82 Å². The summed E-state index contributed by atoms with van der Waals surface area (Å²) in [7, 11) is 0. The minimum atomic E-state index is 0.327. The minimum Gasteiger partial charge on any atom is -0.343 e. The van der Waals surface area contributed by atoms with E-state index in [-0.39, 0.29) is 0 Å². The number of likely N-dealkylation sites (tertiary alicyclic amines) is 1. The van der Waals surface area contributed by atoms with Gasteiger partial charge in [-0.3, -0.25) is 4.79 Å². The number of hydrogen-bond donors (Lipinski definition) is 1. The Labute approximate surface area is 112 Å². The summed E-state index contributed by atoms with van der Waals surface area (Å²) in [6.45, 7) is 3.92. The number of tetrazole rings is 1. The number of nitrogens with zero attached hydrogens (tertiary/aromatic N) is 4. The van der Waals surface area contributed by atoms with Gasteiger partial charge in [-0.1, -0.05) is 18.6 Å². The van der Waals surface area contributed by atoms with E-state index in [0.29, 0.717) is 23.7 Å². The molecule has 1 amide bonds. The molecule has 1 saturated carbocycles. The molecule has 1 aromatic heterocycles. The molecule has 0 aromatic carbocycles. The van der Waals surface area contributed by atoms with Crippen LogP contribution >= 0.6 is 0 Å². The first-order valence-corrected chi connectivity index (χ1v) is 7.26. The number of piperidine rings is 1. The second kappa shape index (κ2) is 4.90. The Bertz CT molecular complexity index is 436. The smallest absolute Gasteiger partial charge is 0.222 e. The van der Waals surface area contributed by atoms with Crippen LogP contribution in [0.3, 0.4) is 0 Å². The number of H-pyrrole nitrogens is 1. The third kappa shape index (κ3) is 2.35. The molecule has 2 fully saturated rings. The lowest BCUT2D eigenvalue weighted by Gasteiger charge is -2.32. The molecule has 1 N–H and O–H groups in total. The van der Waals surface area contributed by atoms with Crippen molar-refractivity contribution in [3.05, 3.63) is 5.82 Å². The molecule has 0 radical (unpaired) electrons. The molecular formula is C13H21N5O. The third-order valence-electron chi connectivity index (χ3n) is 4.72. The van der Waals surface area contributed by atoms with Gasteiger partial charge in [0.1, 0.15) is 0 Å². The number of aromatic amines is 1. The molecule has 6 heteroatoms. The van der Waals surface area contributed by atoms with E-state index in [0.717, 1.165) is 51.0 Å². The van der Waals surface area contributed by atoms with Crippen LogP contribution in [0.4, 0.5) is 0 Å². The number of carbonyl (C=O) groups excluding carboxylic acids is 1. The fraction of sp³-hybridized carbons (Fsp3) is 0.846. The van der Waals surface area contributed by atoms with E-state index in [4.69, 9.17) is 0 Å². The topological polar surface area (TPSA) is 74.8 Å². The molecule has 1 saturated heterocycles. The SMILES string of the molecule is CCCCC(=O)N1CCC2(CC1)CC2c1nn[nH]n1. The van der Waals surface area contributed by atoms with Gasteiger partial charge < -0.3 is 4.90 Å². The van der Waals surface area contributed by atoms with E-state index in [1.807, 2.05) is 4.90 Å². The Morgan fingerprint density at radius 2 is 2.26 bits per heavy atom. The molecule has 1 aliphatic carbocycles. The standard InChI is InChI=1S/C13H21N5O/c1-2-3-4-11(19)18-7-5-13(6-8-18)9-10(13)12-14-16-17-15-12/h10H,2-9H2,1H3,(H,14,15,16,17). The molecule has 0 bridgehead atoms. The van der Waals surface area contributed by atoms with Crippen LogP contribution in [0.1, 0.15) is 57.2 Å². The zero-order chi connectivity index (χ0) is 13.3. The number of unbranched alkanes of at least 4 members (excludes halogenated alkanes) is 1. The van der Waals surface area contributed by atoms with E-state index < -0.39 is 0 Å². The summed E-state index contributed by atoms with van der Waals surface area (Å²) < 4.78 is 0. The Balaban J connectivity index is 1.52. The molecule has 3 rings (SSSR count). The van der Waals surface area contributed by atoms with Crippen LogP contribution in [0.15, 0.2) is 0 Å². The first kappa shape index (κ1) is 12.6. The Hall–Kier alpha value is -1.46. The highest BCUT2D eigenvalue weighted by molar-refractivity contribution is 5.76. The van der Waals surface area contributed by atoms with E-state index in [1.54, 1.807) is 0 Å². The molecular weight excluding hydrogens is 242 g/mol. The molecule has 2 heterocycles. The maximum absolute atomic E-state index is 12.0. The van der Waals surface area contributed by atoms with Crippen LogP contribution in [-0.2, 0) is 4.79 Å². The zero-order valence-electron chi connectivity index (χ0n) is 11.4.